The van der Waals surface area contributed by atoms with Crippen molar-refractivity contribution in [3.8, 4) is 0 Å². The minimum absolute atomic E-state index is 0.0590. The highest BCUT2D eigenvalue weighted by Crippen LogP contribution is 2.26. The Morgan fingerprint density at radius 1 is 1.45 bits per heavy atom. The third-order valence-electron chi connectivity index (χ3n) is 3.37. The van der Waals surface area contributed by atoms with Gasteiger partial charge in [0.05, 0.1) is 28.9 Å². The molecule has 0 bridgehead atoms. The molecule has 7 heteroatoms. The van der Waals surface area contributed by atoms with Crippen LogP contribution in [0.1, 0.15) is 31.2 Å². The van der Waals surface area contributed by atoms with E-state index in [1.807, 2.05) is 0 Å². The van der Waals surface area contributed by atoms with Crippen LogP contribution in [0.15, 0.2) is 27.8 Å². The van der Waals surface area contributed by atoms with Crippen molar-refractivity contribution < 1.29 is 14.9 Å². The average molecular weight is 343 g/mol. The van der Waals surface area contributed by atoms with Gasteiger partial charge >= 0.3 is 0 Å². The Morgan fingerprint density at radius 3 is 2.75 bits per heavy atom. The van der Waals surface area contributed by atoms with E-state index >= 15 is 0 Å². The molecule has 0 radical (unpaired) electrons. The SMILES string of the molecule is O=[N+]([O-])c1cc(Br)ccc1COC1CCC(=NO)CC1. The molecule has 0 amide bonds. The van der Waals surface area contributed by atoms with Crippen LogP contribution in [0, 0.1) is 10.1 Å². The summed E-state index contributed by atoms with van der Waals surface area (Å²) in [6.45, 7) is 0.222. The maximum Gasteiger partial charge on any atom is 0.276 e. The fourth-order valence-electron chi connectivity index (χ4n) is 2.23. The molecule has 1 saturated carbocycles. The number of nitro benzene ring substituents is 1. The van der Waals surface area contributed by atoms with E-state index in [9.17, 15) is 10.1 Å². The molecule has 6 nitrogen and oxygen atoms in total. The maximum atomic E-state index is 11.0. The summed E-state index contributed by atoms with van der Waals surface area (Å²) >= 11 is 3.22. The third kappa shape index (κ3) is 3.77. The van der Waals surface area contributed by atoms with Gasteiger partial charge in [-0.2, -0.15) is 0 Å². The molecule has 2 rings (SSSR count). The Bertz CT molecular complexity index is 523. The fourth-order valence-corrected chi connectivity index (χ4v) is 2.58. The molecule has 20 heavy (non-hydrogen) atoms. The second-order valence-corrected chi connectivity index (χ2v) is 5.62. The molecule has 0 spiro atoms. The van der Waals surface area contributed by atoms with Crippen molar-refractivity contribution in [3.05, 3.63) is 38.3 Å². The molecular formula is C13H15BrN2O4. The zero-order valence-electron chi connectivity index (χ0n) is 10.8. The summed E-state index contributed by atoms with van der Waals surface area (Å²) in [7, 11) is 0. The topological polar surface area (TPSA) is 85.0 Å². The van der Waals surface area contributed by atoms with Crippen molar-refractivity contribution in [2.45, 2.75) is 38.4 Å². The molecule has 0 aliphatic heterocycles. The van der Waals surface area contributed by atoms with Gasteiger partial charge < -0.3 is 9.94 Å². The first kappa shape index (κ1) is 14.9. The van der Waals surface area contributed by atoms with Crippen LogP contribution in [0.4, 0.5) is 5.69 Å². The highest BCUT2D eigenvalue weighted by atomic mass is 79.9. The Labute approximate surface area is 124 Å². The average Bonchev–Trinajstić information content (AvgIpc) is 2.46. The van der Waals surface area contributed by atoms with E-state index in [4.69, 9.17) is 9.94 Å². The molecule has 1 fully saturated rings. The van der Waals surface area contributed by atoms with Crippen LogP contribution in [0.3, 0.4) is 0 Å². The summed E-state index contributed by atoms with van der Waals surface area (Å²) in [4.78, 5) is 10.6. The van der Waals surface area contributed by atoms with Crippen molar-refractivity contribution in [1.29, 1.82) is 0 Å². The summed E-state index contributed by atoms with van der Waals surface area (Å²) in [6, 6.07) is 4.95. The van der Waals surface area contributed by atoms with Gasteiger partial charge in [0.1, 0.15) is 0 Å². The van der Waals surface area contributed by atoms with Gasteiger partial charge in [-0.25, -0.2) is 0 Å². The summed E-state index contributed by atoms with van der Waals surface area (Å²) in [5, 5.41) is 22.9. The lowest BCUT2D eigenvalue weighted by molar-refractivity contribution is -0.386. The zero-order valence-corrected chi connectivity index (χ0v) is 12.4. The molecule has 1 aliphatic carbocycles. The first-order chi connectivity index (χ1) is 9.60. The Morgan fingerprint density at radius 2 is 2.15 bits per heavy atom. The van der Waals surface area contributed by atoms with E-state index in [0.29, 0.717) is 22.9 Å². The highest BCUT2D eigenvalue weighted by molar-refractivity contribution is 9.10. The summed E-state index contributed by atoms with van der Waals surface area (Å²) in [5.74, 6) is 0. The minimum atomic E-state index is -0.402. The van der Waals surface area contributed by atoms with Gasteiger partial charge in [0, 0.05) is 10.5 Å². The lowest BCUT2D eigenvalue weighted by atomic mass is 9.96. The second kappa shape index (κ2) is 6.81. The summed E-state index contributed by atoms with van der Waals surface area (Å²) < 4.78 is 6.41. The lowest BCUT2D eigenvalue weighted by Crippen LogP contribution is -2.21. The maximum absolute atomic E-state index is 11.0. The molecule has 108 valence electrons. The van der Waals surface area contributed by atoms with E-state index in [2.05, 4.69) is 21.1 Å². The van der Waals surface area contributed by atoms with Gasteiger partial charge in [0.25, 0.3) is 5.69 Å². The van der Waals surface area contributed by atoms with Gasteiger partial charge in [-0.15, -0.1) is 0 Å². The van der Waals surface area contributed by atoms with Crippen LogP contribution in [-0.4, -0.2) is 21.9 Å². The smallest absolute Gasteiger partial charge is 0.276 e. The van der Waals surface area contributed by atoms with Crippen LogP contribution in [0.5, 0.6) is 0 Å². The molecule has 0 aromatic heterocycles. The highest BCUT2D eigenvalue weighted by Gasteiger charge is 2.20. The number of nitrogens with zero attached hydrogens (tertiary/aromatic N) is 2. The zero-order chi connectivity index (χ0) is 14.5. The van der Waals surface area contributed by atoms with Crippen LogP contribution >= 0.6 is 15.9 Å². The lowest BCUT2D eigenvalue weighted by Gasteiger charge is -2.22. The van der Waals surface area contributed by atoms with E-state index in [1.165, 1.54) is 6.07 Å². The van der Waals surface area contributed by atoms with Crippen LogP contribution in [-0.2, 0) is 11.3 Å². The standard InChI is InChI=1S/C13H15BrN2O4/c14-10-2-1-9(13(7-10)16(18)19)8-20-12-5-3-11(15-17)4-6-12/h1-2,7,12,17H,3-6,8H2. The first-order valence-electron chi connectivity index (χ1n) is 6.34. The summed E-state index contributed by atoms with van der Waals surface area (Å²) in [6.07, 6.45) is 3.05. The van der Waals surface area contributed by atoms with Gasteiger partial charge in [0.15, 0.2) is 0 Å². The Balaban J connectivity index is 1.96. The molecular weight excluding hydrogens is 328 g/mol. The van der Waals surface area contributed by atoms with Crippen molar-refractivity contribution in [2.24, 2.45) is 5.16 Å². The van der Waals surface area contributed by atoms with Gasteiger partial charge in [-0.1, -0.05) is 21.1 Å². The quantitative estimate of drug-likeness (QED) is 0.514. The van der Waals surface area contributed by atoms with Crippen molar-refractivity contribution in [2.75, 3.05) is 0 Å². The predicted octanol–water partition coefficient (Wildman–Crippen LogP) is 3.65. The van der Waals surface area contributed by atoms with E-state index in [1.54, 1.807) is 12.1 Å². The molecule has 0 atom stereocenters. The number of rotatable bonds is 4. The van der Waals surface area contributed by atoms with Crippen molar-refractivity contribution >= 4 is 27.3 Å². The van der Waals surface area contributed by atoms with Crippen molar-refractivity contribution in [3.63, 3.8) is 0 Å². The van der Waals surface area contributed by atoms with E-state index < -0.39 is 4.92 Å². The van der Waals surface area contributed by atoms with Crippen LogP contribution in [0.25, 0.3) is 0 Å². The Hall–Kier alpha value is -1.47. The fraction of sp³-hybridized carbons (Fsp3) is 0.462. The van der Waals surface area contributed by atoms with E-state index in [0.717, 1.165) is 18.6 Å². The molecule has 0 heterocycles. The number of halogens is 1. The third-order valence-corrected chi connectivity index (χ3v) is 3.86. The monoisotopic (exact) mass is 342 g/mol. The second-order valence-electron chi connectivity index (χ2n) is 4.71. The predicted molar refractivity (Wildman–Crippen MR) is 77.1 cm³/mol. The first-order valence-corrected chi connectivity index (χ1v) is 7.13. The molecule has 0 saturated heterocycles. The number of nitro groups is 1. The summed E-state index contributed by atoms with van der Waals surface area (Å²) in [5.41, 5.74) is 1.42. The Kier molecular flexibility index (Phi) is 5.08. The number of hydrogen-bond acceptors (Lipinski definition) is 5. The minimum Gasteiger partial charge on any atom is -0.411 e. The molecule has 1 aliphatic rings. The van der Waals surface area contributed by atoms with Crippen LogP contribution < -0.4 is 0 Å². The normalized spacial score (nSPS) is 18.9. The van der Waals surface area contributed by atoms with Gasteiger partial charge in [-0.05, 0) is 37.8 Å². The van der Waals surface area contributed by atoms with Gasteiger partial charge in [-0.3, -0.25) is 10.1 Å². The number of ether oxygens (including phenoxy) is 1. The largest absolute Gasteiger partial charge is 0.411 e. The van der Waals surface area contributed by atoms with E-state index in [-0.39, 0.29) is 18.4 Å². The van der Waals surface area contributed by atoms with Gasteiger partial charge in [0.2, 0.25) is 0 Å². The molecule has 1 N–H and O–H groups in total. The van der Waals surface area contributed by atoms with Crippen molar-refractivity contribution in [1.82, 2.24) is 0 Å². The number of benzene rings is 1. The molecule has 0 unspecified atom stereocenters. The number of oxime groups is 1. The van der Waals surface area contributed by atoms with Crippen LogP contribution in [0.2, 0.25) is 0 Å². The molecule has 1 aromatic rings. The molecule has 1 aromatic carbocycles. The number of hydrogen-bond donors (Lipinski definition) is 1.